The third-order valence-corrected chi connectivity index (χ3v) is 7.24. The number of hydrogen-bond donors (Lipinski definition) is 2. The number of thiocarbonyl (C=S) groups is 1. The molecule has 0 saturated carbocycles. The van der Waals surface area contributed by atoms with E-state index < -0.39 is 0 Å². The fourth-order valence-electron chi connectivity index (χ4n) is 4.05. The summed E-state index contributed by atoms with van der Waals surface area (Å²) in [7, 11) is 0. The number of halogens is 1. The molecule has 31 heavy (non-hydrogen) atoms. The van der Waals surface area contributed by atoms with Gasteiger partial charge >= 0.3 is 0 Å². The molecular formula is C25H24FNO2S2. The highest BCUT2D eigenvalue weighted by Crippen LogP contribution is 2.48. The molecule has 1 aliphatic heterocycles. The van der Waals surface area contributed by atoms with E-state index in [1.807, 2.05) is 42.5 Å². The Morgan fingerprint density at radius 2 is 1.68 bits per heavy atom. The third-order valence-electron chi connectivity index (χ3n) is 5.56. The summed E-state index contributed by atoms with van der Waals surface area (Å²) < 4.78 is 13.9. The van der Waals surface area contributed by atoms with Gasteiger partial charge in [0.15, 0.2) is 0 Å². The zero-order valence-electron chi connectivity index (χ0n) is 16.9. The second-order valence-corrected chi connectivity index (χ2v) is 9.56. The fraction of sp³-hybridized carbons (Fsp3) is 0.240. The molecule has 3 aromatic rings. The highest BCUT2D eigenvalue weighted by molar-refractivity contribution is 8.24. The van der Waals surface area contributed by atoms with Crippen LogP contribution in [0.3, 0.4) is 0 Å². The Morgan fingerprint density at radius 3 is 2.39 bits per heavy atom. The summed E-state index contributed by atoms with van der Waals surface area (Å²) in [6.45, 7) is 0. The van der Waals surface area contributed by atoms with Crippen molar-refractivity contribution in [3.8, 4) is 11.5 Å². The molecule has 160 valence electrons. The number of thioether (sulfide) groups is 1. The Balaban J connectivity index is 1.52. The van der Waals surface area contributed by atoms with Crippen molar-refractivity contribution in [1.82, 2.24) is 0 Å². The number of hydrogen-bond acceptors (Lipinski definition) is 4. The van der Waals surface area contributed by atoms with E-state index in [1.54, 1.807) is 23.9 Å². The van der Waals surface area contributed by atoms with Crippen molar-refractivity contribution in [2.24, 2.45) is 0 Å². The van der Waals surface area contributed by atoms with Crippen molar-refractivity contribution in [1.29, 1.82) is 0 Å². The zero-order valence-corrected chi connectivity index (χ0v) is 18.6. The number of phenols is 2. The molecule has 0 spiro atoms. The van der Waals surface area contributed by atoms with Gasteiger partial charge in [-0.15, -0.1) is 0 Å². The van der Waals surface area contributed by atoms with Crippen molar-refractivity contribution in [3.63, 3.8) is 0 Å². The van der Waals surface area contributed by atoms with Crippen molar-refractivity contribution in [2.45, 2.75) is 37.0 Å². The maximum Gasteiger partial charge on any atom is 0.141 e. The first kappa shape index (κ1) is 21.7. The lowest BCUT2D eigenvalue weighted by Crippen LogP contribution is -2.29. The Bertz CT molecular complexity index is 1040. The lowest BCUT2D eigenvalue weighted by molar-refractivity contribution is 0.440. The first-order chi connectivity index (χ1) is 15.0. The normalized spacial score (nSPS) is 18.5. The summed E-state index contributed by atoms with van der Waals surface area (Å²) in [4.78, 5) is 2.11. The predicted molar refractivity (Wildman–Crippen MR) is 129 cm³/mol. The Kier molecular flexibility index (Phi) is 6.78. The van der Waals surface area contributed by atoms with Crippen LogP contribution in [-0.4, -0.2) is 19.8 Å². The van der Waals surface area contributed by atoms with Gasteiger partial charge in [0, 0.05) is 22.6 Å². The third kappa shape index (κ3) is 5.02. The first-order valence-electron chi connectivity index (χ1n) is 10.3. The van der Waals surface area contributed by atoms with E-state index in [9.17, 15) is 14.6 Å². The molecule has 0 aromatic heterocycles. The molecule has 0 radical (unpaired) electrons. The van der Waals surface area contributed by atoms with E-state index in [4.69, 9.17) is 12.2 Å². The molecule has 3 aromatic carbocycles. The van der Waals surface area contributed by atoms with Crippen molar-refractivity contribution in [2.75, 3.05) is 4.90 Å². The van der Waals surface area contributed by atoms with Gasteiger partial charge in [-0.1, -0.05) is 60.7 Å². The topological polar surface area (TPSA) is 43.7 Å². The summed E-state index contributed by atoms with van der Waals surface area (Å²) in [6, 6.07) is 21.3. The van der Waals surface area contributed by atoms with Crippen molar-refractivity contribution >= 4 is 34.0 Å². The molecule has 1 saturated heterocycles. The van der Waals surface area contributed by atoms with E-state index in [1.165, 1.54) is 18.2 Å². The van der Waals surface area contributed by atoms with Crippen LogP contribution in [0.2, 0.25) is 0 Å². The largest absolute Gasteiger partial charge is 0.508 e. The lowest BCUT2D eigenvalue weighted by atomic mass is 9.96. The molecule has 1 unspecified atom stereocenters. The average Bonchev–Trinajstić information content (AvgIpc) is 3.09. The van der Waals surface area contributed by atoms with Gasteiger partial charge in [0.05, 0.1) is 6.04 Å². The van der Waals surface area contributed by atoms with Gasteiger partial charge in [-0.3, -0.25) is 0 Å². The van der Waals surface area contributed by atoms with E-state index in [2.05, 4.69) is 4.90 Å². The number of unbranched alkanes of at least 4 members (excludes halogenated alkanes) is 1. The van der Waals surface area contributed by atoms with Crippen LogP contribution in [0.4, 0.5) is 10.1 Å². The average molecular weight is 454 g/mol. The minimum absolute atomic E-state index is 0.0385. The summed E-state index contributed by atoms with van der Waals surface area (Å²) in [5, 5.41) is 20.5. The highest BCUT2D eigenvalue weighted by atomic mass is 32.2. The zero-order chi connectivity index (χ0) is 21.8. The van der Waals surface area contributed by atoms with Crippen molar-refractivity contribution in [3.05, 3.63) is 89.7 Å². The smallest absolute Gasteiger partial charge is 0.141 e. The minimum atomic E-state index is -0.211. The molecule has 2 atom stereocenters. The van der Waals surface area contributed by atoms with Gasteiger partial charge in [0.1, 0.15) is 21.6 Å². The molecule has 0 aliphatic carbocycles. The number of rotatable bonds is 7. The molecule has 3 nitrogen and oxygen atoms in total. The summed E-state index contributed by atoms with van der Waals surface area (Å²) in [5.74, 6) is -0.0960. The van der Waals surface area contributed by atoms with Crippen LogP contribution in [0.25, 0.3) is 0 Å². The van der Waals surface area contributed by atoms with Crippen LogP contribution < -0.4 is 4.90 Å². The maximum atomic E-state index is 13.1. The number of phenolic OH excluding ortho intramolecular Hbond substituents is 2. The number of aromatic hydroxyl groups is 2. The van der Waals surface area contributed by atoms with Crippen LogP contribution >= 0.6 is 24.0 Å². The summed E-state index contributed by atoms with van der Waals surface area (Å²) >= 11 is 7.40. The minimum Gasteiger partial charge on any atom is -0.508 e. The quantitative estimate of drug-likeness (QED) is 0.312. The number of anilines is 1. The maximum absolute atomic E-state index is 13.1. The molecule has 0 bridgehead atoms. The fourth-order valence-corrected chi connectivity index (χ4v) is 5.91. The van der Waals surface area contributed by atoms with E-state index >= 15 is 0 Å². The SMILES string of the molecule is Oc1ccc([C@@H]2C(CCCCc3ccc(F)cc3)SC(=S)N2c2ccccc2)c(O)c1. The molecule has 6 heteroatoms. The molecule has 0 amide bonds. The second-order valence-electron chi connectivity index (χ2n) is 7.69. The molecule has 1 aliphatic rings. The Hall–Kier alpha value is -2.57. The monoisotopic (exact) mass is 453 g/mol. The van der Waals surface area contributed by atoms with Crippen LogP contribution in [0.1, 0.15) is 36.4 Å². The Labute approximate surface area is 191 Å². The van der Waals surface area contributed by atoms with Gasteiger partial charge < -0.3 is 15.1 Å². The van der Waals surface area contributed by atoms with E-state index in [0.717, 1.165) is 46.8 Å². The van der Waals surface area contributed by atoms with Gasteiger partial charge in [-0.25, -0.2) is 4.39 Å². The molecule has 1 fully saturated rings. The van der Waals surface area contributed by atoms with Gasteiger partial charge in [-0.2, -0.15) is 0 Å². The van der Waals surface area contributed by atoms with Gasteiger partial charge in [0.2, 0.25) is 0 Å². The highest BCUT2D eigenvalue weighted by Gasteiger charge is 2.40. The predicted octanol–water partition coefficient (Wildman–Crippen LogP) is 6.60. The Morgan fingerprint density at radius 1 is 0.935 bits per heavy atom. The standard InChI is InChI=1S/C25H24FNO2S2/c26-18-12-10-17(11-13-18)6-4-5-9-23-24(21-15-14-20(28)16-22(21)29)27(25(30)31-23)19-7-2-1-3-8-19/h1-3,7-8,10-16,23-24,28-29H,4-6,9H2/t23?,24-/m1/s1. The number of aryl methyl sites for hydroxylation is 1. The lowest BCUT2D eigenvalue weighted by Gasteiger charge is -2.29. The van der Waals surface area contributed by atoms with Gasteiger partial charge in [0.25, 0.3) is 0 Å². The van der Waals surface area contributed by atoms with Crippen LogP contribution in [0.5, 0.6) is 11.5 Å². The molecule has 2 N–H and O–H groups in total. The summed E-state index contributed by atoms with van der Waals surface area (Å²) in [5.41, 5.74) is 2.89. The molecule has 4 rings (SSSR count). The number of benzene rings is 3. The summed E-state index contributed by atoms with van der Waals surface area (Å²) in [6.07, 6.45) is 3.82. The van der Waals surface area contributed by atoms with Crippen molar-refractivity contribution < 1.29 is 14.6 Å². The molecule has 1 heterocycles. The molecular weight excluding hydrogens is 429 g/mol. The second kappa shape index (κ2) is 9.71. The van der Waals surface area contributed by atoms with E-state index in [0.29, 0.717) is 0 Å². The van der Waals surface area contributed by atoms with Gasteiger partial charge in [-0.05, 0) is 61.2 Å². The van der Waals surface area contributed by atoms with Crippen LogP contribution in [0, 0.1) is 5.82 Å². The van der Waals surface area contributed by atoms with Crippen LogP contribution in [0.15, 0.2) is 72.8 Å². The van der Waals surface area contributed by atoms with Crippen LogP contribution in [-0.2, 0) is 6.42 Å². The number of para-hydroxylation sites is 1. The first-order valence-corrected chi connectivity index (χ1v) is 11.6. The number of nitrogens with zero attached hydrogens (tertiary/aromatic N) is 1. The van der Waals surface area contributed by atoms with E-state index in [-0.39, 0.29) is 28.6 Å².